The van der Waals surface area contributed by atoms with E-state index in [1.165, 1.54) is 5.56 Å². The van der Waals surface area contributed by atoms with Crippen LogP contribution >= 0.6 is 0 Å². The van der Waals surface area contributed by atoms with Gasteiger partial charge in [-0.25, -0.2) is 9.18 Å². The highest BCUT2D eigenvalue weighted by Gasteiger charge is 2.40. The highest BCUT2D eigenvalue weighted by atomic mass is 19.1. The van der Waals surface area contributed by atoms with E-state index in [-0.39, 0.29) is 17.3 Å². The van der Waals surface area contributed by atoms with E-state index in [4.69, 9.17) is 4.74 Å². The monoisotopic (exact) mass is 453 g/mol. The molecule has 0 bridgehead atoms. The maximum Gasteiger partial charge on any atom is 0.410 e. The molecule has 1 aromatic rings. The fourth-order valence-corrected chi connectivity index (χ4v) is 4.06. The number of nitrogens with zero attached hydrogens (tertiary/aromatic N) is 1. The van der Waals surface area contributed by atoms with Crippen molar-refractivity contribution >= 4 is 6.09 Å². The number of piperidine rings is 1. The standard InChI is InChI=1S/C22H34FNO2.3C2H6/c1-7-16(2)15-22(19-9-8-18(23)14-17(19)3)10-12-24(13-11-22)20(25)26-21(4,5)6;3*1-2/h8-9,14,16H,7,10-13,15H2,1-6H3;3*1-2H3. The van der Waals surface area contributed by atoms with E-state index in [2.05, 4.69) is 13.8 Å². The lowest BCUT2D eigenvalue weighted by Gasteiger charge is -2.44. The molecule has 1 heterocycles. The fraction of sp³-hybridized carbons (Fsp3) is 0.750. The van der Waals surface area contributed by atoms with Gasteiger partial charge < -0.3 is 9.64 Å². The van der Waals surface area contributed by atoms with Crippen molar-refractivity contribution in [2.24, 2.45) is 5.92 Å². The first-order valence-corrected chi connectivity index (χ1v) is 12.8. The average Bonchev–Trinajstić information content (AvgIpc) is 2.77. The Morgan fingerprint density at radius 3 is 2.00 bits per heavy atom. The first kappa shape index (κ1) is 32.6. The van der Waals surface area contributed by atoms with Crippen molar-refractivity contribution < 1.29 is 13.9 Å². The summed E-state index contributed by atoms with van der Waals surface area (Å²) in [6.45, 7) is 25.5. The Labute approximate surface area is 199 Å². The van der Waals surface area contributed by atoms with Crippen molar-refractivity contribution in [1.82, 2.24) is 4.90 Å². The number of amides is 1. The fourth-order valence-electron chi connectivity index (χ4n) is 4.06. The van der Waals surface area contributed by atoms with Gasteiger partial charge in [0.1, 0.15) is 11.4 Å². The van der Waals surface area contributed by atoms with Gasteiger partial charge in [-0.2, -0.15) is 0 Å². The number of aryl methyl sites for hydroxylation is 1. The maximum absolute atomic E-state index is 13.6. The van der Waals surface area contributed by atoms with Gasteiger partial charge in [-0.05, 0) is 81.5 Å². The molecule has 188 valence electrons. The minimum absolute atomic E-state index is 0.00568. The summed E-state index contributed by atoms with van der Waals surface area (Å²) in [6.07, 6.45) is 3.74. The van der Waals surface area contributed by atoms with Crippen LogP contribution in [0.2, 0.25) is 0 Å². The van der Waals surface area contributed by atoms with Gasteiger partial charge >= 0.3 is 6.09 Å². The van der Waals surface area contributed by atoms with Crippen LogP contribution < -0.4 is 0 Å². The van der Waals surface area contributed by atoms with E-state index < -0.39 is 5.60 Å². The minimum Gasteiger partial charge on any atom is -0.444 e. The molecule has 1 aliphatic rings. The van der Waals surface area contributed by atoms with Gasteiger partial charge in [0.15, 0.2) is 0 Å². The molecule has 2 rings (SSSR count). The van der Waals surface area contributed by atoms with E-state index in [1.54, 1.807) is 12.1 Å². The number of benzene rings is 1. The summed E-state index contributed by atoms with van der Waals surface area (Å²) in [6, 6.07) is 5.16. The van der Waals surface area contributed by atoms with Crippen LogP contribution in [0.1, 0.15) is 113 Å². The van der Waals surface area contributed by atoms with Crippen molar-refractivity contribution in [3.05, 3.63) is 35.1 Å². The predicted molar refractivity (Wildman–Crippen MR) is 138 cm³/mol. The Balaban J connectivity index is 0. The van der Waals surface area contributed by atoms with Gasteiger partial charge in [0.05, 0.1) is 0 Å². The molecule has 0 aromatic heterocycles. The first-order chi connectivity index (χ1) is 15.1. The van der Waals surface area contributed by atoms with Crippen LogP contribution in [-0.4, -0.2) is 29.7 Å². The molecular formula is C28H52FNO2. The van der Waals surface area contributed by atoms with E-state index in [1.807, 2.05) is 80.2 Å². The Hall–Kier alpha value is -1.58. The topological polar surface area (TPSA) is 29.5 Å². The number of halogens is 1. The molecule has 1 aromatic carbocycles. The molecule has 0 spiro atoms. The molecule has 0 saturated carbocycles. The van der Waals surface area contributed by atoms with Crippen molar-refractivity contribution in [2.45, 2.75) is 120 Å². The molecule has 4 heteroatoms. The molecule has 0 aliphatic carbocycles. The maximum atomic E-state index is 13.6. The molecule has 32 heavy (non-hydrogen) atoms. The zero-order valence-electron chi connectivity index (χ0n) is 23.2. The molecule has 0 N–H and O–H groups in total. The molecule has 3 nitrogen and oxygen atoms in total. The Kier molecular flexibility index (Phi) is 16.4. The Morgan fingerprint density at radius 2 is 1.59 bits per heavy atom. The molecule has 1 saturated heterocycles. The molecule has 1 amide bonds. The number of hydrogen-bond acceptors (Lipinski definition) is 2. The van der Waals surface area contributed by atoms with Gasteiger partial charge in [0.2, 0.25) is 0 Å². The Bertz CT molecular complexity index is 629. The number of ether oxygens (including phenoxy) is 1. The van der Waals surface area contributed by atoms with Gasteiger partial charge in [-0.1, -0.05) is 67.9 Å². The smallest absolute Gasteiger partial charge is 0.410 e. The second-order valence-electron chi connectivity index (χ2n) is 8.92. The van der Waals surface area contributed by atoms with Crippen molar-refractivity contribution in [3.63, 3.8) is 0 Å². The number of likely N-dealkylation sites (tertiary alicyclic amines) is 1. The summed E-state index contributed by atoms with van der Waals surface area (Å²) < 4.78 is 19.2. The highest BCUT2D eigenvalue weighted by Crippen LogP contribution is 2.43. The number of rotatable bonds is 4. The molecule has 1 aliphatic heterocycles. The number of carbonyl (C=O) groups excluding carboxylic acids is 1. The summed E-state index contributed by atoms with van der Waals surface area (Å²) in [5.74, 6) is 0.406. The van der Waals surface area contributed by atoms with Gasteiger partial charge in [-0.3, -0.25) is 0 Å². The quantitative estimate of drug-likeness (QED) is 0.455. The van der Waals surface area contributed by atoms with E-state index in [9.17, 15) is 9.18 Å². The largest absolute Gasteiger partial charge is 0.444 e. The molecule has 1 atom stereocenters. The van der Waals surface area contributed by atoms with Crippen LogP contribution in [0.5, 0.6) is 0 Å². The summed E-state index contributed by atoms with van der Waals surface area (Å²) >= 11 is 0. The van der Waals surface area contributed by atoms with Gasteiger partial charge in [0.25, 0.3) is 0 Å². The lowest BCUT2D eigenvalue weighted by atomic mass is 9.66. The zero-order valence-corrected chi connectivity index (χ0v) is 23.2. The normalized spacial score (nSPS) is 15.6. The highest BCUT2D eigenvalue weighted by molar-refractivity contribution is 5.68. The summed E-state index contributed by atoms with van der Waals surface area (Å²) in [7, 11) is 0. The van der Waals surface area contributed by atoms with Crippen LogP contribution in [0.25, 0.3) is 0 Å². The third kappa shape index (κ3) is 10.4. The van der Waals surface area contributed by atoms with E-state index in [0.717, 1.165) is 31.2 Å². The van der Waals surface area contributed by atoms with Crippen molar-refractivity contribution in [2.75, 3.05) is 13.1 Å². The van der Waals surface area contributed by atoms with E-state index >= 15 is 0 Å². The molecule has 0 radical (unpaired) electrons. The van der Waals surface area contributed by atoms with Gasteiger partial charge in [-0.15, -0.1) is 0 Å². The lowest BCUT2D eigenvalue weighted by Crippen LogP contribution is -2.47. The second kappa shape index (κ2) is 16.1. The van der Waals surface area contributed by atoms with Crippen molar-refractivity contribution in [3.8, 4) is 0 Å². The zero-order chi connectivity index (χ0) is 25.5. The van der Waals surface area contributed by atoms with Crippen LogP contribution in [0.3, 0.4) is 0 Å². The van der Waals surface area contributed by atoms with Crippen LogP contribution in [0, 0.1) is 18.7 Å². The van der Waals surface area contributed by atoms with E-state index in [0.29, 0.717) is 19.0 Å². The van der Waals surface area contributed by atoms with Crippen molar-refractivity contribution in [1.29, 1.82) is 0 Å². The second-order valence-corrected chi connectivity index (χ2v) is 8.92. The summed E-state index contributed by atoms with van der Waals surface area (Å²) in [5, 5.41) is 0. The van der Waals surface area contributed by atoms with Crippen LogP contribution in [0.4, 0.5) is 9.18 Å². The molecule has 1 unspecified atom stereocenters. The summed E-state index contributed by atoms with van der Waals surface area (Å²) in [4.78, 5) is 14.2. The third-order valence-corrected chi connectivity index (χ3v) is 5.57. The predicted octanol–water partition coefficient (Wildman–Crippen LogP) is 8.92. The van der Waals surface area contributed by atoms with Crippen LogP contribution in [-0.2, 0) is 10.2 Å². The molecule has 1 fully saturated rings. The Morgan fingerprint density at radius 1 is 1.09 bits per heavy atom. The number of carbonyl (C=O) groups is 1. The minimum atomic E-state index is -0.476. The average molecular weight is 454 g/mol. The molecular weight excluding hydrogens is 401 g/mol. The third-order valence-electron chi connectivity index (χ3n) is 5.57. The summed E-state index contributed by atoms with van der Waals surface area (Å²) in [5.41, 5.74) is 1.78. The first-order valence-electron chi connectivity index (χ1n) is 12.8. The van der Waals surface area contributed by atoms with Crippen LogP contribution in [0.15, 0.2) is 18.2 Å². The SMILES string of the molecule is CC.CC.CC.CCC(C)CC1(c2ccc(F)cc2C)CCN(C(=O)OC(C)(C)C)CC1. The lowest BCUT2D eigenvalue weighted by molar-refractivity contribution is 0.0150. The number of hydrogen-bond donors (Lipinski definition) is 0. The van der Waals surface area contributed by atoms with Gasteiger partial charge in [0, 0.05) is 13.1 Å².